The van der Waals surface area contributed by atoms with Crippen LogP contribution in [0.1, 0.15) is 31.9 Å². The van der Waals surface area contributed by atoms with Crippen molar-refractivity contribution in [3.05, 3.63) is 24.0 Å². The Hall–Kier alpha value is -1.29. The number of carbonyl (C=O) groups excluding carboxylic acids is 1. The molecule has 1 amide bonds. The molecule has 2 N–H and O–H groups in total. The van der Waals surface area contributed by atoms with E-state index in [1.165, 1.54) is 0 Å². The van der Waals surface area contributed by atoms with E-state index in [0.717, 1.165) is 31.5 Å². The molecule has 1 unspecified atom stereocenters. The Morgan fingerprint density at radius 2 is 2.47 bits per heavy atom. The topological polar surface area (TPSA) is 46.1 Å². The van der Waals surface area contributed by atoms with Gasteiger partial charge in [0.2, 0.25) is 5.91 Å². The van der Waals surface area contributed by atoms with E-state index in [0.29, 0.717) is 6.54 Å². The zero-order chi connectivity index (χ0) is 12.3. The summed E-state index contributed by atoms with van der Waals surface area (Å²) in [6, 6.07) is 4.02. The zero-order valence-electron chi connectivity index (χ0n) is 10.6. The largest absolute Gasteiger partial charge is 0.353 e. The first-order chi connectivity index (χ1) is 8.18. The molecular weight excluding hydrogens is 214 g/mol. The van der Waals surface area contributed by atoms with Crippen molar-refractivity contribution in [1.29, 1.82) is 0 Å². The van der Waals surface area contributed by atoms with Crippen molar-refractivity contribution in [2.75, 3.05) is 6.54 Å². The summed E-state index contributed by atoms with van der Waals surface area (Å²) >= 11 is 0. The number of rotatable bonds is 4. The number of hydrogen-bond donors (Lipinski definition) is 2. The molecule has 4 heteroatoms. The molecule has 1 aromatic rings. The van der Waals surface area contributed by atoms with Crippen molar-refractivity contribution < 1.29 is 4.79 Å². The van der Waals surface area contributed by atoms with E-state index in [-0.39, 0.29) is 11.4 Å². The molecular formula is C13H21N3O. The highest BCUT2D eigenvalue weighted by atomic mass is 16.2. The highest BCUT2D eigenvalue weighted by Crippen LogP contribution is 2.23. The van der Waals surface area contributed by atoms with Gasteiger partial charge in [-0.15, -0.1) is 0 Å². The van der Waals surface area contributed by atoms with Crippen LogP contribution in [0.5, 0.6) is 0 Å². The van der Waals surface area contributed by atoms with Crippen LogP contribution in [-0.4, -0.2) is 22.6 Å². The average molecular weight is 235 g/mol. The van der Waals surface area contributed by atoms with Gasteiger partial charge < -0.3 is 15.2 Å². The third kappa shape index (κ3) is 2.36. The molecule has 1 aliphatic heterocycles. The van der Waals surface area contributed by atoms with Gasteiger partial charge in [-0.05, 0) is 37.9 Å². The van der Waals surface area contributed by atoms with Crippen LogP contribution in [0.15, 0.2) is 18.3 Å². The minimum absolute atomic E-state index is 0.138. The summed E-state index contributed by atoms with van der Waals surface area (Å²) in [6.45, 7) is 3.62. The van der Waals surface area contributed by atoms with Gasteiger partial charge in [-0.2, -0.15) is 0 Å². The lowest BCUT2D eigenvalue weighted by molar-refractivity contribution is -0.127. The molecule has 1 saturated heterocycles. The maximum absolute atomic E-state index is 12.2. The molecule has 0 bridgehead atoms. The number of aromatic nitrogens is 1. The Morgan fingerprint density at radius 3 is 3.00 bits per heavy atom. The van der Waals surface area contributed by atoms with Gasteiger partial charge in [-0.1, -0.05) is 6.92 Å². The highest BCUT2D eigenvalue weighted by Gasteiger charge is 2.38. The van der Waals surface area contributed by atoms with Crippen molar-refractivity contribution in [2.24, 2.45) is 7.05 Å². The Labute approximate surface area is 102 Å². The number of nitrogens with one attached hydrogen (secondary N) is 2. The predicted octanol–water partition coefficient (Wildman–Crippen LogP) is 1.17. The molecule has 1 aliphatic rings. The van der Waals surface area contributed by atoms with Crippen LogP contribution in [0.2, 0.25) is 0 Å². The summed E-state index contributed by atoms with van der Waals surface area (Å²) < 4.78 is 2.03. The second-order valence-corrected chi connectivity index (χ2v) is 4.76. The van der Waals surface area contributed by atoms with Gasteiger partial charge in [0.1, 0.15) is 0 Å². The summed E-state index contributed by atoms with van der Waals surface area (Å²) in [5, 5.41) is 6.38. The SMILES string of the molecule is CCC1(C(=O)NCc2cccn2C)CCCN1. The molecule has 0 radical (unpaired) electrons. The number of amides is 1. The Kier molecular flexibility index (Phi) is 3.52. The first kappa shape index (κ1) is 12.2. The van der Waals surface area contributed by atoms with E-state index in [9.17, 15) is 4.79 Å². The Morgan fingerprint density at radius 1 is 1.65 bits per heavy atom. The number of nitrogens with zero attached hydrogens (tertiary/aromatic N) is 1. The van der Waals surface area contributed by atoms with Crippen molar-refractivity contribution >= 4 is 5.91 Å². The van der Waals surface area contributed by atoms with Gasteiger partial charge in [-0.3, -0.25) is 4.79 Å². The lowest BCUT2D eigenvalue weighted by Gasteiger charge is -2.26. The van der Waals surface area contributed by atoms with Gasteiger partial charge in [0.05, 0.1) is 12.1 Å². The van der Waals surface area contributed by atoms with Gasteiger partial charge in [0.25, 0.3) is 0 Å². The fourth-order valence-electron chi connectivity index (χ4n) is 2.48. The molecule has 0 aromatic carbocycles. The van der Waals surface area contributed by atoms with Gasteiger partial charge in [-0.25, -0.2) is 0 Å². The van der Waals surface area contributed by atoms with Crippen molar-refractivity contribution in [3.63, 3.8) is 0 Å². The van der Waals surface area contributed by atoms with E-state index in [4.69, 9.17) is 0 Å². The molecule has 0 spiro atoms. The first-order valence-electron chi connectivity index (χ1n) is 6.31. The minimum atomic E-state index is -0.328. The third-order valence-corrected chi connectivity index (χ3v) is 3.76. The molecule has 2 heterocycles. The van der Waals surface area contributed by atoms with Crippen molar-refractivity contribution in [3.8, 4) is 0 Å². The summed E-state index contributed by atoms with van der Waals surface area (Å²) in [5.74, 6) is 0.138. The molecule has 4 nitrogen and oxygen atoms in total. The quantitative estimate of drug-likeness (QED) is 0.823. The zero-order valence-corrected chi connectivity index (χ0v) is 10.6. The summed E-state index contributed by atoms with van der Waals surface area (Å²) in [6.07, 6.45) is 4.88. The van der Waals surface area contributed by atoms with E-state index in [1.807, 2.05) is 29.9 Å². The molecule has 2 rings (SSSR count). The predicted molar refractivity (Wildman–Crippen MR) is 67.5 cm³/mol. The van der Waals surface area contributed by atoms with Crippen molar-refractivity contribution in [2.45, 2.75) is 38.3 Å². The standard InChI is InChI=1S/C13H21N3O/c1-3-13(7-5-8-15-13)12(17)14-10-11-6-4-9-16(11)2/h4,6,9,15H,3,5,7-8,10H2,1-2H3,(H,14,17). The van der Waals surface area contributed by atoms with Crippen LogP contribution in [0.25, 0.3) is 0 Å². The number of hydrogen-bond acceptors (Lipinski definition) is 2. The maximum Gasteiger partial charge on any atom is 0.240 e. The smallest absolute Gasteiger partial charge is 0.240 e. The van der Waals surface area contributed by atoms with E-state index in [1.54, 1.807) is 0 Å². The Bertz CT molecular complexity index is 391. The molecule has 0 aliphatic carbocycles. The number of aryl methyl sites for hydroxylation is 1. The monoisotopic (exact) mass is 235 g/mol. The van der Waals surface area contributed by atoms with Crippen molar-refractivity contribution in [1.82, 2.24) is 15.2 Å². The maximum atomic E-state index is 12.2. The highest BCUT2D eigenvalue weighted by molar-refractivity contribution is 5.86. The van der Waals surface area contributed by atoms with Crippen LogP contribution in [-0.2, 0) is 18.4 Å². The molecule has 94 valence electrons. The second-order valence-electron chi connectivity index (χ2n) is 4.76. The van der Waals surface area contributed by atoms with Crippen LogP contribution in [0.3, 0.4) is 0 Å². The fourth-order valence-corrected chi connectivity index (χ4v) is 2.48. The van der Waals surface area contributed by atoms with Gasteiger partial charge >= 0.3 is 0 Å². The lowest BCUT2D eigenvalue weighted by Crippen LogP contribution is -2.52. The third-order valence-electron chi connectivity index (χ3n) is 3.76. The van der Waals surface area contributed by atoms with E-state index >= 15 is 0 Å². The second kappa shape index (κ2) is 4.92. The van der Waals surface area contributed by atoms with E-state index in [2.05, 4.69) is 17.6 Å². The molecule has 1 fully saturated rings. The normalized spacial score (nSPS) is 23.9. The molecule has 1 atom stereocenters. The van der Waals surface area contributed by atoms with Crippen LogP contribution in [0, 0.1) is 0 Å². The van der Waals surface area contributed by atoms with Crippen LogP contribution >= 0.6 is 0 Å². The van der Waals surface area contributed by atoms with Gasteiger partial charge in [0, 0.05) is 18.9 Å². The fraction of sp³-hybridized carbons (Fsp3) is 0.615. The Balaban J connectivity index is 1.95. The van der Waals surface area contributed by atoms with E-state index < -0.39 is 0 Å². The molecule has 17 heavy (non-hydrogen) atoms. The lowest BCUT2D eigenvalue weighted by atomic mass is 9.93. The minimum Gasteiger partial charge on any atom is -0.353 e. The summed E-state index contributed by atoms with van der Waals surface area (Å²) in [5.41, 5.74) is 0.799. The van der Waals surface area contributed by atoms with Gasteiger partial charge in [0.15, 0.2) is 0 Å². The molecule has 0 saturated carbocycles. The molecule has 1 aromatic heterocycles. The van der Waals surface area contributed by atoms with Crippen LogP contribution in [0.4, 0.5) is 0 Å². The summed E-state index contributed by atoms with van der Waals surface area (Å²) in [4.78, 5) is 12.2. The average Bonchev–Trinajstić information content (AvgIpc) is 2.95. The first-order valence-corrected chi connectivity index (χ1v) is 6.31. The van der Waals surface area contributed by atoms with Crippen LogP contribution < -0.4 is 10.6 Å². The number of carbonyl (C=O) groups is 1. The summed E-state index contributed by atoms with van der Waals surface area (Å²) in [7, 11) is 1.99.